The molecular weight excluding hydrogens is 103 g/mol. The summed E-state index contributed by atoms with van der Waals surface area (Å²) in [6.45, 7) is 1.42. The smallest absolute Gasteiger partial charge is 1.00 e. The van der Waals surface area contributed by atoms with Crippen LogP contribution in [0.25, 0.3) is 0 Å². The van der Waals surface area contributed by atoms with E-state index in [2.05, 4.69) is 16.8 Å². The molecule has 0 unspecified atom stereocenters. The molecule has 0 radical (unpaired) electrons. The van der Waals surface area contributed by atoms with Gasteiger partial charge in [-0.25, -0.2) is 4.36 Å². The predicted octanol–water partition coefficient (Wildman–Crippen LogP) is -2.82. The number of hydrogen-bond donors (Lipinski definition) is 1. The van der Waals surface area contributed by atoms with Gasteiger partial charge in [0, 0.05) is 12.4 Å². The summed E-state index contributed by atoms with van der Waals surface area (Å²) < 4.78 is 3.43. The largest absolute Gasteiger partial charge is 1.00 e. The van der Waals surface area contributed by atoms with Gasteiger partial charge in [-0.3, -0.25) is 0 Å². The Morgan fingerprint density at radius 2 is 2.29 bits per heavy atom. The molecule has 0 atom stereocenters. The molecular formula is C3H9LiN2S. The van der Waals surface area contributed by atoms with Crippen molar-refractivity contribution in [3.05, 3.63) is 0 Å². The van der Waals surface area contributed by atoms with E-state index in [1.807, 2.05) is 0 Å². The average molecular weight is 112 g/mol. The zero-order chi connectivity index (χ0) is 4.83. The first-order valence-corrected chi connectivity index (χ1v) is 2.27. The van der Waals surface area contributed by atoms with Crippen LogP contribution in [0, 0.1) is 0 Å². The van der Waals surface area contributed by atoms with Gasteiger partial charge in [-0.2, -0.15) is 0 Å². The van der Waals surface area contributed by atoms with Crippen molar-refractivity contribution < 1.29 is 20.3 Å². The number of nitrogens with two attached hydrogens (primary N) is 1. The SMILES string of the molecule is NCCCN=S.[H-].[Li+]. The second-order valence-corrected chi connectivity index (χ2v) is 1.25. The molecule has 0 bridgehead atoms. The van der Waals surface area contributed by atoms with Gasteiger partial charge in [-0.15, -0.1) is 0 Å². The van der Waals surface area contributed by atoms with E-state index in [4.69, 9.17) is 5.73 Å². The Morgan fingerprint density at radius 1 is 1.71 bits per heavy atom. The summed E-state index contributed by atoms with van der Waals surface area (Å²) in [5.41, 5.74) is 5.11. The van der Waals surface area contributed by atoms with Crippen molar-refractivity contribution in [1.82, 2.24) is 0 Å². The van der Waals surface area contributed by atoms with Gasteiger partial charge in [0.2, 0.25) is 0 Å². The number of nitrogens with zero attached hydrogens (tertiary/aromatic N) is 1. The van der Waals surface area contributed by atoms with Crippen LogP contribution in [0.3, 0.4) is 0 Å². The number of rotatable bonds is 3. The molecule has 4 heteroatoms. The Morgan fingerprint density at radius 3 is 2.43 bits per heavy atom. The number of hydrogen-bond acceptors (Lipinski definition) is 3. The molecule has 0 aromatic rings. The molecule has 0 fully saturated rings. The van der Waals surface area contributed by atoms with Crippen LogP contribution >= 0.6 is 0 Å². The van der Waals surface area contributed by atoms with Crippen LogP contribution in [0.15, 0.2) is 4.36 Å². The Bertz CT molecular complexity index is 46.3. The van der Waals surface area contributed by atoms with Crippen LogP contribution in [0.2, 0.25) is 0 Å². The molecule has 0 aliphatic carbocycles. The topological polar surface area (TPSA) is 38.4 Å². The van der Waals surface area contributed by atoms with Gasteiger partial charge < -0.3 is 7.16 Å². The van der Waals surface area contributed by atoms with Crippen molar-refractivity contribution in [3.8, 4) is 0 Å². The Labute approximate surface area is 62.7 Å². The molecule has 0 amide bonds. The van der Waals surface area contributed by atoms with Crippen molar-refractivity contribution >= 4 is 12.4 Å². The molecule has 7 heavy (non-hydrogen) atoms. The van der Waals surface area contributed by atoms with Crippen LogP contribution in [0.4, 0.5) is 0 Å². The van der Waals surface area contributed by atoms with Gasteiger partial charge in [0.1, 0.15) is 0 Å². The third-order valence-electron chi connectivity index (χ3n) is 0.454. The van der Waals surface area contributed by atoms with Gasteiger partial charge >= 0.3 is 18.9 Å². The quantitative estimate of drug-likeness (QED) is 0.316. The van der Waals surface area contributed by atoms with Crippen LogP contribution in [0.5, 0.6) is 0 Å². The zero-order valence-electron chi connectivity index (χ0n) is 5.55. The summed E-state index contributed by atoms with van der Waals surface area (Å²) in [5, 5.41) is 0. The van der Waals surface area contributed by atoms with Crippen molar-refractivity contribution in [2.75, 3.05) is 13.1 Å². The van der Waals surface area contributed by atoms with Crippen LogP contribution in [-0.4, -0.2) is 13.1 Å². The summed E-state index contributed by atoms with van der Waals surface area (Å²) in [6.07, 6.45) is 0.920. The van der Waals surface area contributed by atoms with E-state index in [1.165, 1.54) is 0 Å². The van der Waals surface area contributed by atoms with Gasteiger partial charge in [-0.05, 0) is 13.0 Å². The van der Waals surface area contributed by atoms with E-state index in [0.29, 0.717) is 6.54 Å². The van der Waals surface area contributed by atoms with Crippen molar-refractivity contribution in [2.24, 2.45) is 10.1 Å². The summed E-state index contributed by atoms with van der Waals surface area (Å²) in [6, 6.07) is 0. The van der Waals surface area contributed by atoms with Gasteiger partial charge in [0.05, 0.1) is 6.54 Å². The van der Waals surface area contributed by atoms with E-state index in [1.54, 1.807) is 0 Å². The predicted molar refractivity (Wildman–Crippen MR) is 29.4 cm³/mol. The Balaban J connectivity index is -0.000000125. The fourth-order valence-electron chi connectivity index (χ4n) is 0.156. The minimum atomic E-state index is 0. The van der Waals surface area contributed by atoms with Crippen molar-refractivity contribution in [2.45, 2.75) is 6.42 Å². The van der Waals surface area contributed by atoms with E-state index < -0.39 is 0 Å². The van der Waals surface area contributed by atoms with E-state index >= 15 is 0 Å². The molecule has 38 valence electrons. The first-order chi connectivity index (χ1) is 2.91. The molecule has 0 heterocycles. The first-order valence-electron chi connectivity index (χ1n) is 1.91. The van der Waals surface area contributed by atoms with Gasteiger partial charge in [-0.1, -0.05) is 0 Å². The van der Waals surface area contributed by atoms with Crippen LogP contribution in [0.1, 0.15) is 7.85 Å². The van der Waals surface area contributed by atoms with Crippen LogP contribution in [-0.2, 0) is 12.4 Å². The standard InChI is InChI=1S/C3H8N2S.Li.H/c4-2-1-3-5-6;;/h1-4H2;;/q;+1;-1. The molecule has 0 aromatic carbocycles. The summed E-state index contributed by atoms with van der Waals surface area (Å²) in [7, 11) is 0. The van der Waals surface area contributed by atoms with Gasteiger partial charge in [0.15, 0.2) is 0 Å². The maximum atomic E-state index is 5.11. The van der Waals surface area contributed by atoms with Gasteiger partial charge in [0.25, 0.3) is 0 Å². The minimum absolute atomic E-state index is 0. The molecule has 0 spiro atoms. The molecule has 0 aliphatic heterocycles. The second kappa shape index (κ2) is 9.77. The van der Waals surface area contributed by atoms with Crippen molar-refractivity contribution in [1.29, 1.82) is 0 Å². The Hall–Kier alpha value is 0.577. The maximum Gasteiger partial charge on any atom is 1.00 e. The Kier molecular flexibility index (Phi) is 14.7. The minimum Gasteiger partial charge on any atom is -1.00 e. The molecule has 0 saturated heterocycles. The normalized spacial score (nSPS) is 7.00. The summed E-state index contributed by atoms with van der Waals surface area (Å²) in [4.78, 5) is 0. The fourth-order valence-corrected chi connectivity index (χ4v) is 0.285. The molecule has 0 saturated carbocycles. The molecule has 0 aromatic heterocycles. The van der Waals surface area contributed by atoms with E-state index in [9.17, 15) is 0 Å². The van der Waals surface area contributed by atoms with E-state index in [-0.39, 0.29) is 20.3 Å². The first kappa shape index (κ1) is 10.5. The van der Waals surface area contributed by atoms with Crippen molar-refractivity contribution in [3.63, 3.8) is 0 Å². The zero-order valence-corrected chi connectivity index (χ0v) is 5.37. The third kappa shape index (κ3) is 10.8. The molecule has 0 rings (SSSR count). The molecule has 2 nitrogen and oxygen atoms in total. The summed E-state index contributed by atoms with van der Waals surface area (Å²) >= 11 is 4.29. The van der Waals surface area contributed by atoms with Crippen LogP contribution < -0.4 is 24.6 Å². The monoisotopic (exact) mass is 112 g/mol. The third-order valence-corrected chi connectivity index (χ3v) is 0.636. The van der Waals surface area contributed by atoms with E-state index in [0.717, 1.165) is 13.0 Å². The molecule has 2 N–H and O–H groups in total. The average Bonchev–Trinajstić information content (AvgIpc) is 1.61. The molecule has 0 aliphatic rings. The summed E-state index contributed by atoms with van der Waals surface area (Å²) in [5.74, 6) is 0. The second-order valence-electron chi connectivity index (χ2n) is 0.995. The maximum absolute atomic E-state index is 5.11. The fraction of sp³-hybridized carbons (Fsp3) is 1.00.